The SMILES string of the molecule is O=C(CN1CCN(Cc2cccc(Cl)c2)CC1)N1CCN(c2ncccn2)CC1. The second-order valence-corrected chi connectivity index (χ2v) is 8.04. The molecule has 0 unspecified atom stereocenters. The van der Waals surface area contributed by atoms with Gasteiger partial charge in [0.05, 0.1) is 6.54 Å². The van der Waals surface area contributed by atoms with Crippen molar-refractivity contribution in [3.05, 3.63) is 53.3 Å². The first-order valence-corrected chi connectivity index (χ1v) is 10.5. The summed E-state index contributed by atoms with van der Waals surface area (Å²) in [7, 11) is 0. The predicted molar refractivity (Wildman–Crippen MR) is 114 cm³/mol. The number of halogens is 1. The number of hydrogen-bond donors (Lipinski definition) is 0. The molecule has 0 aliphatic carbocycles. The van der Waals surface area contributed by atoms with Crippen LogP contribution in [-0.2, 0) is 11.3 Å². The Bertz CT molecular complexity index is 804. The molecule has 7 nitrogen and oxygen atoms in total. The van der Waals surface area contributed by atoms with Gasteiger partial charge in [0.1, 0.15) is 0 Å². The third-order valence-corrected chi connectivity index (χ3v) is 5.82. The highest BCUT2D eigenvalue weighted by Gasteiger charge is 2.25. The maximum atomic E-state index is 12.7. The van der Waals surface area contributed by atoms with E-state index in [0.717, 1.165) is 69.9 Å². The molecule has 2 aliphatic heterocycles. The predicted octanol–water partition coefficient (Wildman–Crippen LogP) is 1.60. The summed E-state index contributed by atoms with van der Waals surface area (Å²) in [6, 6.07) is 9.86. The fraction of sp³-hybridized carbons (Fsp3) is 0.476. The van der Waals surface area contributed by atoms with Crippen LogP contribution in [0.3, 0.4) is 0 Å². The van der Waals surface area contributed by atoms with Crippen LogP contribution in [0.15, 0.2) is 42.7 Å². The summed E-state index contributed by atoms with van der Waals surface area (Å²) in [4.78, 5) is 30.1. The minimum atomic E-state index is 0.224. The van der Waals surface area contributed by atoms with Crippen LogP contribution in [0.25, 0.3) is 0 Å². The molecule has 0 radical (unpaired) electrons. The molecule has 29 heavy (non-hydrogen) atoms. The Morgan fingerprint density at radius 2 is 1.59 bits per heavy atom. The monoisotopic (exact) mass is 414 g/mol. The maximum Gasteiger partial charge on any atom is 0.236 e. The molecule has 2 aromatic rings. The summed E-state index contributed by atoms with van der Waals surface area (Å²) in [6.07, 6.45) is 3.51. The van der Waals surface area contributed by atoms with Gasteiger partial charge >= 0.3 is 0 Å². The molecule has 2 fully saturated rings. The molecular formula is C21H27ClN6O. The van der Waals surface area contributed by atoms with Gasteiger partial charge in [0.2, 0.25) is 11.9 Å². The van der Waals surface area contributed by atoms with Gasteiger partial charge in [-0.05, 0) is 23.8 Å². The van der Waals surface area contributed by atoms with E-state index in [1.807, 2.05) is 29.2 Å². The van der Waals surface area contributed by atoms with Crippen molar-refractivity contribution >= 4 is 23.5 Å². The molecule has 1 aromatic carbocycles. The van der Waals surface area contributed by atoms with Crippen LogP contribution < -0.4 is 4.90 Å². The molecule has 0 spiro atoms. The van der Waals surface area contributed by atoms with Crippen LogP contribution in [0.4, 0.5) is 5.95 Å². The Hall–Kier alpha value is -2.22. The normalized spacial score (nSPS) is 18.8. The second-order valence-electron chi connectivity index (χ2n) is 7.60. The van der Waals surface area contributed by atoms with E-state index >= 15 is 0 Å². The first-order valence-electron chi connectivity index (χ1n) is 10.2. The van der Waals surface area contributed by atoms with Crippen molar-refractivity contribution in [2.45, 2.75) is 6.54 Å². The summed E-state index contributed by atoms with van der Waals surface area (Å²) >= 11 is 6.08. The maximum absolute atomic E-state index is 12.7. The molecule has 4 rings (SSSR count). The van der Waals surface area contributed by atoms with E-state index in [9.17, 15) is 4.79 Å². The number of anilines is 1. The van der Waals surface area contributed by atoms with Crippen molar-refractivity contribution in [1.82, 2.24) is 24.7 Å². The molecule has 8 heteroatoms. The molecule has 0 bridgehead atoms. The highest BCUT2D eigenvalue weighted by Crippen LogP contribution is 2.14. The summed E-state index contributed by atoms with van der Waals surface area (Å²) in [5.41, 5.74) is 1.24. The molecule has 1 aromatic heterocycles. The number of nitrogens with zero attached hydrogens (tertiary/aromatic N) is 6. The van der Waals surface area contributed by atoms with Gasteiger partial charge in [-0.25, -0.2) is 9.97 Å². The average molecular weight is 415 g/mol. The zero-order chi connectivity index (χ0) is 20.1. The van der Waals surface area contributed by atoms with Crippen LogP contribution in [0.5, 0.6) is 0 Å². The fourth-order valence-corrected chi connectivity index (χ4v) is 4.11. The lowest BCUT2D eigenvalue weighted by atomic mass is 10.2. The van der Waals surface area contributed by atoms with E-state index in [0.29, 0.717) is 6.54 Å². The van der Waals surface area contributed by atoms with Crippen molar-refractivity contribution in [1.29, 1.82) is 0 Å². The van der Waals surface area contributed by atoms with Gasteiger partial charge in [0.25, 0.3) is 0 Å². The Morgan fingerprint density at radius 3 is 2.28 bits per heavy atom. The van der Waals surface area contributed by atoms with Crippen LogP contribution >= 0.6 is 11.6 Å². The first kappa shape index (κ1) is 20.1. The van der Waals surface area contributed by atoms with E-state index in [1.165, 1.54) is 5.56 Å². The minimum Gasteiger partial charge on any atom is -0.338 e. The molecule has 3 heterocycles. The highest BCUT2D eigenvalue weighted by atomic mass is 35.5. The first-order chi connectivity index (χ1) is 14.2. The van der Waals surface area contributed by atoms with Gasteiger partial charge in [-0.15, -0.1) is 0 Å². The van der Waals surface area contributed by atoms with Crippen LogP contribution in [-0.4, -0.2) is 89.5 Å². The molecule has 0 atom stereocenters. The van der Waals surface area contributed by atoms with Crippen molar-refractivity contribution in [3.8, 4) is 0 Å². The third kappa shape index (κ3) is 5.44. The van der Waals surface area contributed by atoms with E-state index in [-0.39, 0.29) is 5.91 Å². The lowest BCUT2D eigenvalue weighted by Crippen LogP contribution is -2.54. The number of carbonyl (C=O) groups excluding carboxylic acids is 1. The number of carbonyl (C=O) groups is 1. The molecule has 2 saturated heterocycles. The minimum absolute atomic E-state index is 0.224. The van der Waals surface area contributed by atoms with Crippen molar-refractivity contribution in [3.63, 3.8) is 0 Å². The third-order valence-electron chi connectivity index (χ3n) is 5.59. The van der Waals surface area contributed by atoms with Gasteiger partial charge in [-0.2, -0.15) is 0 Å². The fourth-order valence-electron chi connectivity index (χ4n) is 3.90. The van der Waals surface area contributed by atoms with Crippen LogP contribution in [0.2, 0.25) is 5.02 Å². The molecule has 0 N–H and O–H groups in total. The summed E-state index contributed by atoms with van der Waals surface area (Å²) in [6.45, 7) is 8.22. The van der Waals surface area contributed by atoms with E-state index in [4.69, 9.17) is 11.6 Å². The Labute approximate surface area is 176 Å². The number of amides is 1. The summed E-state index contributed by atoms with van der Waals surface area (Å²) in [5, 5.41) is 0.783. The van der Waals surface area contributed by atoms with E-state index < -0.39 is 0 Å². The molecule has 1 amide bonds. The number of benzene rings is 1. The second kappa shape index (κ2) is 9.52. The van der Waals surface area contributed by atoms with E-state index in [2.05, 4.69) is 30.7 Å². The van der Waals surface area contributed by atoms with Crippen molar-refractivity contribution in [2.75, 3.05) is 63.8 Å². The van der Waals surface area contributed by atoms with Gasteiger partial charge in [-0.3, -0.25) is 14.6 Å². The molecule has 154 valence electrons. The quantitative estimate of drug-likeness (QED) is 0.740. The number of aromatic nitrogens is 2. The van der Waals surface area contributed by atoms with Gasteiger partial charge in [0, 0.05) is 76.3 Å². The Kier molecular flexibility index (Phi) is 6.59. The number of piperazine rings is 2. The lowest BCUT2D eigenvalue weighted by molar-refractivity contribution is -0.133. The van der Waals surface area contributed by atoms with E-state index in [1.54, 1.807) is 12.4 Å². The zero-order valence-electron chi connectivity index (χ0n) is 16.6. The van der Waals surface area contributed by atoms with Crippen molar-refractivity contribution < 1.29 is 4.79 Å². The highest BCUT2D eigenvalue weighted by molar-refractivity contribution is 6.30. The number of hydrogen-bond acceptors (Lipinski definition) is 6. The van der Waals surface area contributed by atoms with Crippen LogP contribution in [0, 0.1) is 0 Å². The average Bonchev–Trinajstić information content (AvgIpc) is 2.76. The van der Waals surface area contributed by atoms with Crippen LogP contribution in [0.1, 0.15) is 5.56 Å². The van der Waals surface area contributed by atoms with Gasteiger partial charge in [0.15, 0.2) is 0 Å². The molecular weight excluding hydrogens is 388 g/mol. The van der Waals surface area contributed by atoms with Gasteiger partial charge in [-0.1, -0.05) is 23.7 Å². The Morgan fingerprint density at radius 1 is 0.897 bits per heavy atom. The smallest absolute Gasteiger partial charge is 0.236 e. The van der Waals surface area contributed by atoms with Crippen molar-refractivity contribution in [2.24, 2.45) is 0 Å². The largest absolute Gasteiger partial charge is 0.338 e. The number of rotatable bonds is 5. The zero-order valence-corrected chi connectivity index (χ0v) is 17.3. The standard InChI is InChI=1S/C21H27ClN6O/c22-19-4-1-3-18(15-19)16-25-7-9-26(10-8-25)17-20(29)27-11-13-28(14-12-27)21-23-5-2-6-24-21/h1-6,15H,7-14,16-17H2. The topological polar surface area (TPSA) is 55.8 Å². The van der Waals surface area contributed by atoms with Gasteiger partial charge < -0.3 is 9.80 Å². The molecule has 2 aliphatic rings. The summed E-state index contributed by atoms with van der Waals surface area (Å²) < 4.78 is 0. The summed E-state index contributed by atoms with van der Waals surface area (Å²) in [5.74, 6) is 0.970. The lowest BCUT2D eigenvalue weighted by Gasteiger charge is -2.38. The molecule has 0 saturated carbocycles. The Balaban J connectivity index is 1.19.